The number of hydrogen-bond donors (Lipinski definition) is 0. The van der Waals surface area contributed by atoms with Crippen LogP contribution >= 0.6 is 0 Å². The number of nitrogens with zero attached hydrogens (tertiary/aromatic N) is 1. The van der Waals surface area contributed by atoms with Gasteiger partial charge in [-0.25, -0.2) is 0 Å². The van der Waals surface area contributed by atoms with E-state index >= 15 is 0 Å². The van der Waals surface area contributed by atoms with Crippen molar-refractivity contribution in [2.24, 2.45) is 0 Å². The Hall–Kier alpha value is -2.05. The molecule has 120 valence electrons. The van der Waals surface area contributed by atoms with E-state index in [1.807, 2.05) is 0 Å². The SMILES string of the molecule is CC(=O)O[C@@H]1CCN(C(=O)C(F)(F)F)[C@H](c2ccccc2)C1. The molecule has 2 rings (SSSR count). The predicted octanol–water partition coefficient (Wildman–Crippen LogP) is 2.84. The van der Waals surface area contributed by atoms with Crippen molar-refractivity contribution in [3.63, 3.8) is 0 Å². The lowest BCUT2D eigenvalue weighted by atomic mass is 9.93. The molecule has 1 fully saturated rings. The van der Waals surface area contributed by atoms with E-state index in [2.05, 4.69) is 0 Å². The van der Waals surface area contributed by atoms with Crippen LogP contribution in [0.3, 0.4) is 0 Å². The Balaban J connectivity index is 2.25. The van der Waals surface area contributed by atoms with Crippen molar-refractivity contribution in [1.82, 2.24) is 4.90 Å². The summed E-state index contributed by atoms with van der Waals surface area (Å²) >= 11 is 0. The second kappa shape index (κ2) is 6.37. The molecule has 0 N–H and O–H groups in total. The lowest BCUT2D eigenvalue weighted by Gasteiger charge is -2.39. The van der Waals surface area contributed by atoms with Crippen molar-refractivity contribution < 1.29 is 27.5 Å². The Kier molecular flexibility index (Phi) is 4.73. The first-order chi connectivity index (χ1) is 10.3. The van der Waals surface area contributed by atoms with Gasteiger partial charge in [-0.15, -0.1) is 0 Å². The molecule has 1 aromatic rings. The summed E-state index contributed by atoms with van der Waals surface area (Å²) < 4.78 is 43.4. The number of alkyl halides is 3. The molecule has 1 saturated heterocycles. The van der Waals surface area contributed by atoms with Gasteiger partial charge in [-0.2, -0.15) is 13.2 Å². The van der Waals surface area contributed by atoms with Crippen LogP contribution in [0.15, 0.2) is 30.3 Å². The van der Waals surface area contributed by atoms with E-state index in [9.17, 15) is 22.8 Å². The van der Waals surface area contributed by atoms with E-state index in [1.54, 1.807) is 30.3 Å². The van der Waals surface area contributed by atoms with Crippen molar-refractivity contribution in [2.45, 2.75) is 38.1 Å². The second-order valence-corrected chi connectivity index (χ2v) is 5.18. The van der Waals surface area contributed by atoms with E-state index < -0.39 is 30.2 Å². The molecule has 1 aliphatic rings. The number of ether oxygens (including phenoxy) is 1. The lowest BCUT2D eigenvalue weighted by molar-refractivity contribution is -0.191. The monoisotopic (exact) mass is 315 g/mol. The van der Waals surface area contributed by atoms with Gasteiger partial charge in [-0.1, -0.05) is 30.3 Å². The highest BCUT2D eigenvalue weighted by Gasteiger charge is 2.46. The van der Waals surface area contributed by atoms with Gasteiger partial charge in [0.2, 0.25) is 0 Å². The molecule has 0 saturated carbocycles. The highest BCUT2D eigenvalue weighted by Crippen LogP contribution is 2.35. The highest BCUT2D eigenvalue weighted by atomic mass is 19.4. The first-order valence-electron chi connectivity index (χ1n) is 6.89. The fourth-order valence-electron chi connectivity index (χ4n) is 2.67. The van der Waals surface area contributed by atoms with Crippen LogP contribution in [0.1, 0.15) is 31.4 Å². The first-order valence-corrected chi connectivity index (χ1v) is 6.89. The van der Waals surface area contributed by atoms with Crippen molar-refractivity contribution in [3.05, 3.63) is 35.9 Å². The number of piperidine rings is 1. The fourth-order valence-corrected chi connectivity index (χ4v) is 2.67. The van der Waals surface area contributed by atoms with Gasteiger partial charge in [0.25, 0.3) is 0 Å². The van der Waals surface area contributed by atoms with Crippen LogP contribution in [-0.2, 0) is 14.3 Å². The van der Waals surface area contributed by atoms with Crippen LogP contribution in [0.2, 0.25) is 0 Å². The van der Waals surface area contributed by atoms with Gasteiger partial charge in [0.05, 0.1) is 6.04 Å². The molecule has 0 unspecified atom stereocenters. The highest BCUT2D eigenvalue weighted by molar-refractivity contribution is 5.82. The van der Waals surface area contributed by atoms with Gasteiger partial charge in [-0.3, -0.25) is 9.59 Å². The van der Waals surface area contributed by atoms with Gasteiger partial charge in [0.15, 0.2) is 0 Å². The summed E-state index contributed by atoms with van der Waals surface area (Å²) in [5.41, 5.74) is 0.594. The van der Waals surface area contributed by atoms with Gasteiger partial charge in [0, 0.05) is 26.3 Å². The molecular weight excluding hydrogens is 299 g/mol. The van der Waals surface area contributed by atoms with Crippen LogP contribution in [0.5, 0.6) is 0 Å². The van der Waals surface area contributed by atoms with Crippen LogP contribution in [-0.4, -0.2) is 35.6 Å². The Morgan fingerprint density at radius 3 is 2.41 bits per heavy atom. The Morgan fingerprint density at radius 2 is 1.86 bits per heavy atom. The molecule has 7 heteroatoms. The number of hydrogen-bond acceptors (Lipinski definition) is 3. The molecule has 0 spiro atoms. The molecule has 0 aliphatic carbocycles. The topological polar surface area (TPSA) is 46.6 Å². The summed E-state index contributed by atoms with van der Waals surface area (Å²) in [6.07, 6.45) is -5.04. The zero-order valence-corrected chi connectivity index (χ0v) is 12.0. The van der Waals surface area contributed by atoms with Crippen molar-refractivity contribution in [3.8, 4) is 0 Å². The molecule has 0 radical (unpaired) electrons. The average Bonchev–Trinajstić information content (AvgIpc) is 2.46. The van der Waals surface area contributed by atoms with Crippen molar-refractivity contribution in [1.29, 1.82) is 0 Å². The number of benzene rings is 1. The minimum Gasteiger partial charge on any atom is -0.462 e. The van der Waals surface area contributed by atoms with Crippen molar-refractivity contribution >= 4 is 11.9 Å². The molecule has 1 aromatic carbocycles. The summed E-state index contributed by atoms with van der Waals surface area (Å²) in [5, 5.41) is 0. The lowest BCUT2D eigenvalue weighted by Crippen LogP contribution is -2.48. The van der Waals surface area contributed by atoms with Gasteiger partial charge in [0.1, 0.15) is 6.10 Å². The molecule has 4 nitrogen and oxygen atoms in total. The molecule has 0 bridgehead atoms. The molecule has 1 amide bonds. The Morgan fingerprint density at radius 1 is 1.23 bits per heavy atom. The van der Waals surface area contributed by atoms with E-state index in [0.29, 0.717) is 5.56 Å². The normalized spacial score (nSPS) is 22.3. The fraction of sp³-hybridized carbons (Fsp3) is 0.467. The zero-order valence-electron chi connectivity index (χ0n) is 12.0. The number of carbonyl (C=O) groups is 2. The molecule has 1 aliphatic heterocycles. The number of halogens is 3. The number of esters is 1. The van der Waals surface area contributed by atoms with Crippen LogP contribution in [0.25, 0.3) is 0 Å². The second-order valence-electron chi connectivity index (χ2n) is 5.18. The van der Waals surface area contributed by atoms with Gasteiger partial charge >= 0.3 is 18.1 Å². The minimum atomic E-state index is -4.92. The summed E-state index contributed by atoms with van der Waals surface area (Å²) in [4.78, 5) is 23.5. The minimum absolute atomic E-state index is 0.101. The summed E-state index contributed by atoms with van der Waals surface area (Å²) in [6.45, 7) is 1.15. The summed E-state index contributed by atoms with van der Waals surface area (Å²) in [7, 11) is 0. The maximum absolute atomic E-state index is 12.8. The predicted molar refractivity (Wildman–Crippen MR) is 71.7 cm³/mol. The van der Waals surface area contributed by atoms with Crippen LogP contribution in [0, 0.1) is 0 Å². The van der Waals surface area contributed by atoms with E-state index in [0.717, 1.165) is 4.90 Å². The number of amides is 1. The molecule has 22 heavy (non-hydrogen) atoms. The molecule has 1 heterocycles. The van der Waals surface area contributed by atoms with E-state index in [-0.39, 0.29) is 19.4 Å². The largest absolute Gasteiger partial charge is 0.471 e. The standard InChI is InChI=1S/C15H16F3NO3/c1-10(20)22-12-7-8-19(14(21)15(16,17)18)13(9-12)11-5-3-2-4-6-11/h2-6,12-13H,7-9H2,1H3/t12-,13+/m1/s1. The third kappa shape index (κ3) is 3.78. The molecule has 0 aromatic heterocycles. The van der Waals surface area contributed by atoms with Gasteiger partial charge in [-0.05, 0) is 5.56 Å². The maximum atomic E-state index is 12.8. The summed E-state index contributed by atoms with van der Waals surface area (Å²) in [6, 6.07) is 7.70. The number of carbonyl (C=O) groups excluding carboxylic acids is 2. The average molecular weight is 315 g/mol. The number of likely N-dealkylation sites (tertiary alicyclic amines) is 1. The molecular formula is C15H16F3NO3. The van der Waals surface area contributed by atoms with E-state index in [4.69, 9.17) is 4.74 Å². The Labute approximate surface area is 125 Å². The van der Waals surface area contributed by atoms with Crippen LogP contribution in [0.4, 0.5) is 13.2 Å². The van der Waals surface area contributed by atoms with Gasteiger partial charge < -0.3 is 9.64 Å². The zero-order chi connectivity index (χ0) is 16.3. The third-order valence-electron chi connectivity index (χ3n) is 3.57. The molecule has 2 atom stereocenters. The van der Waals surface area contributed by atoms with Crippen molar-refractivity contribution in [2.75, 3.05) is 6.54 Å². The first kappa shape index (κ1) is 16.3. The maximum Gasteiger partial charge on any atom is 0.471 e. The third-order valence-corrected chi connectivity index (χ3v) is 3.57. The van der Waals surface area contributed by atoms with Crippen LogP contribution < -0.4 is 0 Å². The smallest absolute Gasteiger partial charge is 0.462 e. The number of rotatable bonds is 2. The summed E-state index contributed by atoms with van der Waals surface area (Å²) in [5.74, 6) is -2.34. The Bertz CT molecular complexity index is 545. The quantitative estimate of drug-likeness (QED) is 0.789. The van der Waals surface area contributed by atoms with E-state index in [1.165, 1.54) is 6.92 Å².